The van der Waals surface area contributed by atoms with E-state index in [4.69, 9.17) is 9.47 Å². The van der Waals surface area contributed by atoms with Gasteiger partial charge in [-0.3, -0.25) is 0 Å². The SMILES string of the molecule is COc1ccc2c(c1O[C@@H]1C=CC[C@H](O)C1)CCCN(C)C2. The Balaban J connectivity index is 1.92. The van der Waals surface area contributed by atoms with Gasteiger partial charge in [0.1, 0.15) is 6.10 Å². The van der Waals surface area contributed by atoms with Gasteiger partial charge in [0.2, 0.25) is 0 Å². The highest BCUT2D eigenvalue weighted by molar-refractivity contribution is 5.51. The Morgan fingerprint density at radius 3 is 2.95 bits per heavy atom. The molecule has 0 spiro atoms. The van der Waals surface area contributed by atoms with Gasteiger partial charge in [0.15, 0.2) is 11.5 Å². The van der Waals surface area contributed by atoms with Gasteiger partial charge in [-0.25, -0.2) is 0 Å². The summed E-state index contributed by atoms with van der Waals surface area (Å²) in [5.41, 5.74) is 2.58. The van der Waals surface area contributed by atoms with E-state index >= 15 is 0 Å². The van der Waals surface area contributed by atoms with Crippen molar-refractivity contribution in [2.75, 3.05) is 20.7 Å². The van der Waals surface area contributed by atoms with Crippen molar-refractivity contribution in [3.63, 3.8) is 0 Å². The highest BCUT2D eigenvalue weighted by atomic mass is 16.5. The van der Waals surface area contributed by atoms with Gasteiger partial charge in [-0.1, -0.05) is 12.1 Å². The van der Waals surface area contributed by atoms with Crippen molar-refractivity contribution < 1.29 is 14.6 Å². The standard InChI is InChI=1S/C18H25NO3/c1-19-10-4-7-16-13(12-19)8-9-17(21-2)18(16)22-15-6-3-5-14(20)11-15/h3,6,8-9,14-15,20H,4-5,7,10-12H2,1-2H3/t14-,15+/m0/s1. The van der Waals surface area contributed by atoms with Crippen LogP contribution in [0.2, 0.25) is 0 Å². The van der Waals surface area contributed by atoms with Crippen LogP contribution >= 0.6 is 0 Å². The van der Waals surface area contributed by atoms with Gasteiger partial charge in [-0.05, 0) is 50.6 Å². The van der Waals surface area contributed by atoms with Crippen LogP contribution in [0.25, 0.3) is 0 Å². The van der Waals surface area contributed by atoms with Gasteiger partial charge in [-0.2, -0.15) is 0 Å². The summed E-state index contributed by atoms with van der Waals surface area (Å²) in [7, 11) is 3.84. The number of methoxy groups -OCH3 is 1. The molecule has 120 valence electrons. The minimum atomic E-state index is -0.311. The van der Waals surface area contributed by atoms with E-state index < -0.39 is 0 Å². The summed E-state index contributed by atoms with van der Waals surface area (Å²) in [6.45, 7) is 2.04. The fraction of sp³-hybridized carbons (Fsp3) is 0.556. The molecule has 1 N–H and O–H groups in total. The maximum absolute atomic E-state index is 9.83. The van der Waals surface area contributed by atoms with Gasteiger partial charge >= 0.3 is 0 Å². The topological polar surface area (TPSA) is 41.9 Å². The number of rotatable bonds is 3. The van der Waals surface area contributed by atoms with Gasteiger partial charge in [0, 0.05) is 18.5 Å². The Morgan fingerprint density at radius 1 is 1.32 bits per heavy atom. The number of ether oxygens (including phenoxy) is 2. The zero-order chi connectivity index (χ0) is 15.5. The molecule has 1 aliphatic carbocycles. The molecule has 1 aliphatic heterocycles. The highest BCUT2D eigenvalue weighted by Gasteiger charge is 2.23. The lowest BCUT2D eigenvalue weighted by Crippen LogP contribution is -2.25. The van der Waals surface area contributed by atoms with Crippen LogP contribution in [0.5, 0.6) is 11.5 Å². The van der Waals surface area contributed by atoms with Crippen molar-refractivity contribution >= 4 is 0 Å². The first-order chi connectivity index (χ1) is 10.7. The van der Waals surface area contributed by atoms with Crippen molar-refractivity contribution in [2.24, 2.45) is 0 Å². The van der Waals surface area contributed by atoms with Crippen LogP contribution < -0.4 is 9.47 Å². The summed E-state index contributed by atoms with van der Waals surface area (Å²) in [5.74, 6) is 1.65. The van der Waals surface area contributed by atoms with Crippen molar-refractivity contribution in [3.8, 4) is 11.5 Å². The zero-order valence-electron chi connectivity index (χ0n) is 13.4. The third kappa shape index (κ3) is 3.28. The van der Waals surface area contributed by atoms with E-state index in [2.05, 4.69) is 18.0 Å². The molecule has 1 aromatic carbocycles. The Bertz CT molecular complexity index is 556. The third-order valence-corrected chi connectivity index (χ3v) is 4.48. The largest absolute Gasteiger partial charge is 0.493 e. The molecule has 0 radical (unpaired) electrons. The summed E-state index contributed by atoms with van der Waals surface area (Å²) in [6.07, 6.45) is 7.15. The molecule has 3 rings (SSSR count). The molecule has 0 saturated carbocycles. The monoisotopic (exact) mass is 303 g/mol. The van der Waals surface area contributed by atoms with Crippen LogP contribution in [0.4, 0.5) is 0 Å². The zero-order valence-corrected chi connectivity index (χ0v) is 13.4. The first-order valence-corrected chi connectivity index (χ1v) is 8.06. The molecule has 0 bridgehead atoms. The molecule has 22 heavy (non-hydrogen) atoms. The smallest absolute Gasteiger partial charge is 0.165 e. The van der Waals surface area contributed by atoms with Gasteiger partial charge < -0.3 is 19.5 Å². The summed E-state index contributed by atoms with van der Waals surface area (Å²) in [6, 6.07) is 4.14. The van der Waals surface area contributed by atoms with Gasteiger partial charge in [-0.15, -0.1) is 0 Å². The summed E-state index contributed by atoms with van der Waals surface area (Å²) in [5, 5.41) is 9.83. The Morgan fingerprint density at radius 2 is 2.18 bits per heavy atom. The fourth-order valence-electron chi connectivity index (χ4n) is 3.32. The van der Waals surface area contributed by atoms with Crippen LogP contribution in [0.1, 0.15) is 30.4 Å². The van der Waals surface area contributed by atoms with Crippen molar-refractivity contribution in [2.45, 2.75) is 44.4 Å². The second kappa shape index (κ2) is 6.71. The molecule has 0 saturated heterocycles. The van der Waals surface area contributed by atoms with Gasteiger partial charge in [0.25, 0.3) is 0 Å². The van der Waals surface area contributed by atoms with E-state index in [0.717, 1.165) is 37.4 Å². The lowest BCUT2D eigenvalue weighted by atomic mass is 10.00. The molecule has 4 nitrogen and oxygen atoms in total. The molecule has 0 aromatic heterocycles. The molecule has 0 fully saturated rings. The second-order valence-electron chi connectivity index (χ2n) is 6.29. The van der Waals surface area contributed by atoms with E-state index in [1.165, 1.54) is 11.1 Å². The third-order valence-electron chi connectivity index (χ3n) is 4.48. The minimum Gasteiger partial charge on any atom is -0.493 e. The molecule has 0 unspecified atom stereocenters. The Labute approximate surface area is 132 Å². The number of hydrogen-bond acceptors (Lipinski definition) is 4. The van der Waals surface area contributed by atoms with E-state index in [-0.39, 0.29) is 12.2 Å². The molecule has 2 aliphatic rings. The van der Waals surface area contributed by atoms with Crippen LogP contribution in [0.15, 0.2) is 24.3 Å². The predicted octanol–water partition coefficient (Wildman–Crippen LogP) is 2.53. The molecular formula is C18H25NO3. The summed E-state index contributed by atoms with van der Waals surface area (Å²) < 4.78 is 11.8. The Kier molecular flexibility index (Phi) is 4.69. The van der Waals surface area contributed by atoms with Crippen molar-refractivity contribution in [1.29, 1.82) is 0 Å². The Hall–Kier alpha value is -1.52. The quantitative estimate of drug-likeness (QED) is 0.871. The van der Waals surface area contributed by atoms with Crippen LogP contribution in [0, 0.1) is 0 Å². The number of aliphatic hydroxyl groups is 1. The first-order valence-electron chi connectivity index (χ1n) is 8.06. The maximum atomic E-state index is 9.83. The highest BCUT2D eigenvalue weighted by Crippen LogP contribution is 2.37. The normalized spacial score (nSPS) is 25.4. The average Bonchev–Trinajstić information content (AvgIpc) is 2.68. The summed E-state index contributed by atoms with van der Waals surface area (Å²) >= 11 is 0. The molecule has 4 heteroatoms. The molecular weight excluding hydrogens is 278 g/mol. The first kappa shape index (κ1) is 15.4. The molecule has 1 aromatic rings. The maximum Gasteiger partial charge on any atom is 0.165 e. The van der Waals surface area contributed by atoms with Crippen molar-refractivity contribution in [1.82, 2.24) is 4.90 Å². The van der Waals surface area contributed by atoms with E-state index in [1.807, 2.05) is 18.2 Å². The minimum absolute atomic E-state index is 0.0786. The summed E-state index contributed by atoms with van der Waals surface area (Å²) in [4.78, 5) is 2.34. The predicted molar refractivity (Wildman–Crippen MR) is 86.4 cm³/mol. The number of hydrogen-bond donors (Lipinski definition) is 1. The number of nitrogens with zero attached hydrogens (tertiary/aromatic N) is 1. The number of fused-ring (bicyclic) bond motifs is 1. The van der Waals surface area contributed by atoms with Crippen LogP contribution in [-0.4, -0.2) is 42.9 Å². The second-order valence-corrected chi connectivity index (χ2v) is 6.29. The van der Waals surface area contributed by atoms with Crippen LogP contribution in [-0.2, 0) is 13.0 Å². The number of benzene rings is 1. The van der Waals surface area contributed by atoms with Crippen molar-refractivity contribution in [3.05, 3.63) is 35.4 Å². The molecule has 0 amide bonds. The number of aliphatic hydroxyl groups excluding tert-OH is 1. The molecule has 1 heterocycles. The van der Waals surface area contributed by atoms with E-state index in [9.17, 15) is 5.11 Å². The lowest BCUT2D eigenvalue weighted by Gasteiger charge is -2.25. The van der Waals surface area contributed by atoms with Gasteiger partial charge in [0.05, 0.1) is 13.2 Å². The van der Waals surface area contributed by atoms with E-state index in [1.54, 1.807) is 7.11 Å². The average molecular weight is 303 g/mol. The fourth-order valence-corrected chi connectivity index (χ4v) is 3.32. The molecule has 2 atom stereocenters. The van der Waals surface area contributed by atoms with E-state index in [0.29, 0.717) is 12.8 Å². The lowest BCUT2D eigenvalue weighted by molar-refractivity contribution is 0.106. The van der Waals surface area contributed by atoms with Crippen LogP contribution in [0.3, 0.4) is 0 Å².